The van der Waals surface area contributed by atoms with Crippen LogP contribution in [0.3, 0.4) is 0 Å². The van der Waals surface area contributed by atoms with Crippen LogP contribution in [0.25, 0.3) is 0 Å². The maximum atomic E-state index is 5.73. The van der Waals surface area contributed by atoms with Gasteiger partial charge >= 0.3 is 0 Å². The topological polar surface area (TPSA) is 62.4 Å². The van der Waals surface area contributed by atoms with Crippen LogP contribution in [0.5, 0.6) is 0 Å². The first-order chi connectivity index (χ1) is 8.02. The second-order valence-corrected chi connectivity index (χ2v) is 5.71. The Morgan fingerprint density at radius 1 is 1.53 bits per heavy atom. The van der Waals surface area contributed by atoms with E-state index in [2.05, 4.69) is 36.3 Å². The summed E-state index contributed by atoms with van der Waals surface area (Å²) in [7, 11) is 0. The van der Waals surface area contributed by atoms with Gasteiger partial charge in [0, 0.05) is 5.70 Å². The first-order valence-corrected chi connectivity index (χ1v) is 7.32. The Labute approximate surface area is 108 Å². The number of hydrogen-bond donors (Lipinski definition) is 3. The molecule has 4 nitrogen and oxygen atoms in total. The number of thioether (sulfide) groups is 1. The summed E-state index contributed by atoms with van der Waals surface area (Å²) in [5.74, 6) is 1.22. The lowest BCUT2D eigenvalue weighted by atomic mass is 10.2. The van der Waals surface area contributed by atoms with Gasteiger partial charge in [-0.2, -0.15) is 0 Å². The van der Waals surface area contributed by atoms with Crippen LogP contribution in [0.15, 0.2) is 17.3 Å². The molecule has 1 unspecified atom stereocenters. The highest BCUT2D eigenvalue weighted by Crippen LogP contribution is 2.33. The highest BCUT2D eigenvalue weighted by atomic mass is 32.2. The van der Waals surface area contributed by atoms with E-state index in [1.807, 2.05) is 6.26 Å². The fraction of sp³-hybridized carbons (Fsp3) is 0.750. The molecule has 0 saturated heterocycles. The zero-order valence-electron chi connectivity index (χ0n) is 11.0. The fourth-order valence-electron chi connectivity index (χ4n) is 1.44. The van der Waals surface area contributed by atoms with E-state index in [-0.39, 0.29) is 6.17 Å². The minimum atomic E-state index is -0.0154. The minimum absolute atomic E-state index is 0.0154. The summed E-state index contributed by atoms with van der Waals surface area (Å²) in [5, 5.41) is 0.603. The summed E-state index contributed by atoms with van der Waals surface area (Å²) in [6.07, 6.45) is 5.64. The Hall–Kier alpha value is -0.680. The van der Waals surface area contributed by atoms with E-state index in [1.165, 1.54) is 24.6 Å². The number of hydrogen-bond acceptors (Lipinski definition) is 4. The van der Waals surface area contributed by atoms with Crippen LogP contribution < -0.4 is 16.6 Å². The van der Waals surface area contributed by atoms with Crippen LogP contribution in [0.4, 0.5) is 0 Å². The molecule has 1 atom stereocenters. The number of nitrogens with zero attached hydrogens (tertiary/aromatic N) is 1. The average Bonchev–Trinajstić information content (AvgIpc) is 3.07. The molecule has 0 bridgehead atoms. The van der Waals surface area contributed by atoms with Crippen LogP contribution in [-0.4, -0.2) is 17.6 Å². The zero-order chi connectivity index (χ0) is 12.8. The van der Waals surface area contributed by atoms with Gasteiger partial charge in [0.1, 0.15) is 6.17 Å². The van der Waals surface area contributed by atoms with Gasteiger partial charge in [-0.15, -0.1) is 0 Å². The Morgan fingerprint density at radius 2 is 2.18 bits per heavy atom. The largest absolute Gasteiger partial charge is 0.378 e. The number of aliphatic imine (C=N–C) groups is 1. The van der Waals surface area contributed by atoms with Crippen molar-refractivity contribution < 1.29 is 0 Å². The van der Waals surface area contributed by atoms with Crippen molar-refractivity contribution in [2.75, 3.05) is 6.26 Å². The molecular weight excluding hydrogens is 232 g/mol. The summed E-state index contributed by atoms with van der Waals surface area (Å²) in [5.41, 5.74) is 13.1. The van der Waals surface area contributed by atoms with Crippen molar-refractivity contribution in [3.63, 3.8) is 0 Å². The Bertz CT molecular complexity index is 284. The molecule has 98 valence electrons. The Morgan fingerprint density at radius 3 is 2.65 bits per heavy atom. The van der Waals surface area contributed by atoms with Crippen molar-refractivity contribution >= 4 is 16.9 Å². The lowest BCUT2D eigenvalue weighted by Gasteiger charge is -2.21. The molecule has 0 heterocycles. The van der Waals surface area contributed by atoms with E-state index in [1.54, 1.807) is 0 Å². The number of allylic oxidation sites excluding steroid dienone is 1. The molecule has 1 saturated carbocycles. The molecule has 1 aliphatic rings. The van der Waals surface area contributed by atoms with Gasteiger partial charge in [-0.3, -0.25) is 0 Å². The van der Waals surface area contributed by atoms with Gasteiger partial charge in [-0.1, -0.05) is 32.2 Å². The van der Waals surface area contributed by atoms with Crippen LogP contribution in [0.1, 0.15) is 33.1 Å². The summed E-state index contributed by atoms with van der Waals surface area (Å²) in [4.78, 5) is 4.40. The monoisotopic (exact) mass is 256 g/mol. The number of nitrogens with one attached hydrogen (secondary N) is 2. The van der Waals surface area contributed by atoms with Gasteiger partial charge in [-0.25, -0.2) is 10.4 Å². The number of rotatable bonds is 7. The Balaban J connectivity index is 2.35. The van der Waals surface area contributed by atoms with E-state index >= 15 is 0 Å². The van der Waals surface area contributed by atoms with Crippen molar-refractivity contribution in [1.29, 1.82) is 0 Å². The maximum Gasteiger partial charge on any atom is 0.155 e. The maximum absolute atomic E-state index is 5.73. The lowest BCUT2D eigenvalue weighted by molar-refractivity contribution is 0.376. The standard InChI is InChI=1S/C12H24N4S/c1-8(2)11(14-12(13)17-4)16-15-9(3)7-10-5-6-10/h8,10-11,15-16H,3,5-7H2,1-2,4H3,(H2,13,14). The van der Waals surface area contributed by atoms with Crippen molar-refractivity contribution in [2.24, 2.45) is 22.6 Å². The van der Waals surface area contributed by atoms with Crippen molar-refractivity contribution in [2.45, 2.75) is 39.3 Å². The van der Waals surface area contributed by atoms with Crippen LogP contribution in [0, 0.1) is 11.8 Å². The molecular formula is C12H24N4S. The smallest absolute Gasteiger partial charge is 0.155 e. The molecule has 1 fully saturated rings. The van der Waals surface area contributed by atoms with Gasteiger partial charge in [0.2, 0.25) is 0 Å². The third kappa shape index (κ3) is 5.98. The first kappa shape index (κ1) is 14.4. The van der Waals surface area contributed by atoms with Gasteiger partial charge in [0.05, 0.1) is 0 Å². The normalized spacial score (nSPS) is 18.2. The summed E-state index contributed by atoms with van der Waals surface area (Å²) >= 11 is 1.46. The van der Waals surface area contributed by atoms with Crippen LogP contribution in [0.2, 0.25) is 0 Å². The van der Waals surface area contributed by atoms with Crippen molar-refractivity contribution in [3.05, 3.63) is 12.3 Å². The highest BCUT2D eigenvalue weighted by Gasteiger charge is 2.22. The molecule has 5 heteroatoms. The lowest BCUT2D eigenvalue weighted by Crippen LogP contribution is -2.42. The SMILES string of the molecule is C=C(CC1CC1)NNC(N=C(N)SC)C(C)C. The summed E-state index contributed by atoms with van der Waals surface area (Å²) in [6, 6.07) is 0. The molecule has 1 rings (SSSR count). The van der Waals surface area contributed by atoms with Gasteiger partial charge < -0.3 is 11.2 Å². The van der Waals surface area contributed by atoms with Gasteiger partial charge in [-0.05, 0) is 37.4 Å². The molecule has 0 aliphatic heterocycles. The van der Waals surface area contributed by atoms with Crippen LogP contribution >= 0.6 is 11.8 Å². The molecule has 0 aromatic rings. The molecule has 4 N–H and O–H groups in total. The average molecular weight is 256 g/mol. The van der Waals surface area contributed by atoms with E-state index in [9.17, 15) is 0 Å². The Kier molecular flexibility index (Phi) is 5.85. The number of nitrogens with two attached hydrogens (primary N) is 1. The molecule has 0 aromatic heterocycles. The molecule has 17 heavy (non-hydrogen) atoms. The van der Waals surface area contributed by atoms with Crippen molar-refractivity contribution in [1.82, 2.24) is 10.9 Å². The first-order valence-electron chi connectivity index (χ1n) is 6.09. The second-order valence-electron chi connectivity index (χ2n) is 4.88. The zero-order valence-corrected chi connectivity index (χ0v) is 11.8. The summed E-state index contributed by atoms with van der Waals surface area (Å²) in [6.45, 7) is 8.23. The molecule has 0 radical (unpaired) electrons. The molecule has 1 aliphatic carbocycles. The third-order valence-electron chi connectivity index (χ3n) is 2.74. The van der Waals surface area contributed by atoms with Crippen LogP contribution in [-0.2, 0) is 0 Å². The van der Waals surface area contributed by atoms with Crippen molar-refractivity contribution in [3.8, 4) is 0 Å². The fourth-order valence-corrected chi connectivity index (χ4v) is 1.65. The predicted molar refractivity (Wildman–Crippen MR) is 76.5 cm³/mol. The third-order valence-corrected chi connectivity index (χ3v) is 3.26. The highest BCUT2D eigenvalue weighted by molar-refractivity contribution is 8.13. The summed E-state index contributed by atoms with van der Waals surface area (Å²) < 4.78 is 0. The van der Waals surface area contributed by atoms with E-state index < -0.39 is 0 Å². The number of amidine groups is 1. The predicted octanol–water partition coefficient (Wildman–Crippen LogP) is 2.05. The minimum Gasteiger partial charge on any atom is -0.378 e. The number of hydrazine groups is 1. The molecule has 0 spiro atoms. The van der Waals surface area contributed by atoms with Gasteiger partial charge in [0.25, 0.3) is 0 Å². The van der Waals surface area contributed by atoms with Gasteiger partial charge in [0.15, 0.2) is 5.17 Å². The second kappa shape index (κ2) is 6.91. The van der Waals surface area contributed by atoms with E-state index in [0.717, 1.165) is 18.0 Å². The molecule has 0 amide bonds. The van der Waals surface area contributed by atoms with E-state index in [0.29, 0.717) is 11.1 Å². The molecule has 0 aromatic carbocycles. The van der Waals surface area contributed by atoms with E-state index in [4.69, 9.17) is 5.73 Å². The quantitative estimate of drug-likeness (QED) is 0.371.